The molecule has 3 amide bonds. The first-order valence-corrected chi connectivity index (χ1v) is 13.3. The average molecular weight is 550 g/mol. The summed E-state index contributed by atoms with van der Waals surface area (Å²) in [7, 11) is 0. The summed E-state index contributed by atoms with van der Waals surface area (Å²) in [6.45, 7) is 5.25. The number of carbonyl (C=O) groups excluding carboxylic acids is 3. The van der Waals surface area contributed by atoms with Crippen LogP contribution in [0.4, 0.5) is 5.69 Å². The number of amides is 3. The zero-order valence-corrected chi connectivity index (χ0v) is 22.4. The van der Waals surface area contributed by atoms with Gasteiger partial charge < -0.3 is 15.1 Å². The molecule has 188 valence electrons. The van der Waals surface area contributed by atoms with Gasteiger partial charge in [-0.3, -0.25) is 14.4 Å². The fourth-order valence-corrected chi connectivity index (χ4v) is 4.90. The lowest BCUT2D eigenvalue weighted by Gasteiger charge is -2.29. The number of rotatable bonds is 11. The van der Waals surface area contributed by atoms with Gasteiger partial charge in [0, 0.05) is 41.5 Å². The summed E-state index contributed by atoms with van der Waals surface area (Å²) in [6, 6.07) is 18.9. The van der Waals surface area contributed by atoms with Gasteiger partial charge in [-0.05, 0) is 55.0 Å². The highest BCUT2D eigenvalue weighted by Gasteiger charge is 2.30. The number of nitrogens with zero attached hydrogens (tertiary/aromatic N) is 2. The number of hydrogen-bond donors (Lipinski definition) is 1. The fourth-order valence-electron chi connectivity index (χ4n) is 4.64. The summed E-state index contributed by atoms with van der Waals surface area (Å²) in [6.07, 6.45) is 2.65. The van der Waals surface area contributed by atoms with E-state index in [9.17, 15) is 14.4 Å². The maximum absolute atomic E-state index is 13.4. The molecule has 0 unspecified atom stereocenters. The Morgan fingerprint density at radius 1 is 1.03 bits per heavy atom. The van der Waals surface area contributed by atoms with Crippen molar-refractivity contribution >= 4 is 50.1 Å². The number of nitrogens with one attached hydrogen (secondary N) is 1. The standard InChI is InChI=1S/C29H32BrN3O3/c1-3-4-17-31-28(35)20(2)33(19-21-13-15-23(30)16-14-21)26(34)12-7-18-32-25-11-6-9-22-8-5-10-24(27(22)25)29(32)36/h5-6,8-11,13-16,20H,3-4,7,12,17-19H2,1-2H3,(H,31,35)/t20-/m1/s1. The van der Waals surface area contributed by atoms with Crippen molar-refractivity contribution in [3.8, 4) is 0 Å². The monoisotopic (exact) mass is 549 g/mol. The zero-order chi connectivity index (χ0) is 25.7. The molecule has 6 nitrogen and oxygen atoms in total. The highest BCUT2D eigenvalue weighted by molar-refractivity contribution is 9.10. The minimum absolute atomic E-state index is 0.0235. The molecule has 1 heterocycles. The topological polar surface area (TPSA) is 69.7 Å². The molecular formula is C29H32BrN3O3. The van der Waals surface area contributed by atoms with Crippen LogP contribution in [-0.2, 0) is 16.1 Å². The van der Waals surface area contributed by atoms with Crippen LogP contribution in [-0.4, -0.2) is 41.8 Å². The Hall–Kier alpha value is -3.19. The molecule has 0 fully saturated rings. The maximum atomic E-state index is 13.4. The minimum Gasteiger partial charge on any atom is -0.354 e. The van der Waals surface area contributed by atoms with Gasteiger partial charge in [-0.1, -0.05) is 65.7 Å². The maximum Gasteiger partial charge on any atom is 0.258 e. The molecule has 1 N–H and O–H groups in total. The third kappa shape index (κ3) is 5.62. The molecule has 0 radical (unpaired) electrons. The van der Waals surface area contributed by atoms with Crippen LogP contribution in [0.25, 0.3) is 10.8 Å². The SMILES string of the molecule is CCCCNC(=O)[C@@H](C)N(Cc1ccc(Br)cc1)C(=O)CCCN1C(=O)c2cccc3cccc1c23. The van der Waals surface area contributed by atoms with Crippen LogP contribution in [0.2, 0.25) is 0 Å². The van der Waals surface area contributed by atoms with E-state index in [1.54, 1.807) is 16.7 Å². The summed E-state index contributed by atoms with van der Waals surface area (Å²) in [5.41, 5.74) is 2.57. The van der Waals surface area contributed by atoms with Crippen molar-refractivity contribution in [1.29, 1.82) is 0 Å². The smallest absolute Gasteiger partial charge is 0.258 e. The van der Waals surface area contributed by atoms with Crippen LogP contribution >= 0.6 is 15.9 Å². The molecule has 36 heavy (non-hydrogen) atoms. The van der Waals surface area contributed by atoms with Crippen LogP contribution in [0.15, 0.2) is 65.1 Å². The largest absolute Gasteiger partial charge is 0.354 e. The summed E-state index contributed by atoms with van der Waals surface area (Å²) >= 11 is 3.44. The van der Waals surface area contributed by atoms with Gasteiger partial charge in [-0.15, -0.1) is 0 Å². The molecule has 1 aliphatic heterocycles. The van der Waals surface area contributed by atoms with Crippen molar-refractivity contribution < 1.29 is 14.4 Å². The Balaban J connectivity index is 1.44. The first-order valence-electron chi connectivity index (χ1n) is 12.6. The average Bonchev–Trinajstić information content (AvgIpc) is 3.16. The second kappa shape index (κ2) is 11.7. The third-order valence-electron chi connectivity index (χ3n) is 6.68. The summed E-state index contributed by atoms with van der Waals surface area (Å²) < 4.78 is 0.959. The van der Waals surface area contributed by atoms with Crippen molar-refractivity contribution in [2.24, 2.45) is 0 Å². The number of halogens is 1. The van der Waals surface area contributed by atoms with Gasteiger partial charge in [0.1, 0.15) is 6.04 Å². The fraction of sp³-hybridized carbons (Fsp3) is 0.345. The molecule has 0 saturated heterocycles. The van der Waals surface area contributed by atoms with Crippen LogP contribution in [0.1, 0.15) is 55.5 Å². The van der Waals surface area contributed by atoms with Gasteiger partial charge in [-0.25, -0.2) is 0 Å². The lowest BCUT2D eigenvalue weighted by molar-refractivity contribution is -0.140. The normalized spacial score (nSPS) is 13.2. The van der Waals surface area contributed by atoms with E-state index in [4.69, 9.17) is 0 Å². The van der Waals surface area contributed by atoms with E-state index < -0.39 is 6.04 Å². The summed E-state index contributed by atoms with van der Waals surface area (Å²) in [5, 5.41) is 4.97. The highest BCUT2D eigenvalue weighted by Crippen LogP contribution is 2.37. The van der Waals surface area contributed by atoms with Crippen molar-refractivity contribution in [3.05, 3.63) is 76.3 Å². The second-order valence-electron chi connectivity index (χ2n) is 9.21. The first-order chi connectivity index (χ1) is 17.4. The molecule has 0 aromatic heterocycles. The van der Waals surface area contributed by atoms with Crippen LogP contribution in [0.3, 0.4) is 0 Å². The zero-order valence-electron chi connectivity index (χ0n) is 20.8. The van der Waals surface area contributed by atoms with E-state index in [1.807, 2.05) is 60.7 Å². The second-order valence-corrected chi connectivity index (χ2v) is 10.1. The molecule has 3 aromatic rings. The number of unbranched alkanes of at least 4 members (excludes halogenated alkanes) is 1. The number of benzene rings is 3. The number of hydrogen-bond acceptors (Lipinski definition) is 3. The van der Waals surface area contributed by atoms with E-state index in [0.717, 1.165) is 39.3 Å². The Morgan fingerprint density at radius 3 is 2.47 bits per heavy atom. The van der Waals surface area contributed by atoms with Crippen LogP contribution in [0.5, 0.6) is 0 Å². The van der Waals surface area contributed by atoms with Gasteiger partial charge in [0.05, 0.1) is 5.69 Å². The van der Waals surface area contributed by atoms with Crippen molar-refractivity contribution in [2.45, 2.75) is 52.1 Å². The molecule has 4 rings (SSSR count). The Morgan fingerprint density at radius 2 is 1.75 bits per heavy atom. The van der Waals surface area contributed by atoms with E-state index in [-0.39, 0.29) is 24.1 Å². The van der Waals surface area contributed by atoms with Gasteiger partial charge in [0.15, 0.2) is 0 Å². The van der Waals surface area contributed by atoms with Gasteiger partial charge in [-0.2, -0.15) is 0 Å². The first kappa shape index (κ1) is 25.9. The molecule has 1 atom stereocenters. The van der Waals surface area contributed by atoms with Gasteiger partial charge >= 0.3 is 0 Å². The van der Waals surface area contributed by atoms with Crippen molar-refractivity contribution in [2.75, 3.05) is 18.0 Å². The Bertz CT molecular complexity index is 1250. The molecule has 7 heteroatoms. The molecule has 0 saturated carbocycles. The molecule has 0 bridgehead atoms. The molecule has 0 aliphatic carbocycles. The molecule has 0 spiro atoms. The highest BCUT2D eigenvalue weighted by atomic mass is 79.9. The van der Waals surface area contributed by atoms with Crippen molar-refractivity contribution in [1.82, 2.24) is 10.2 Å². The van der Waals surface area contributed by atoms with Gasteiger partial charge in [0.25, 0.3) is 5.91 Å². The van der Waals surface area contributed by atoms with E-state index in [0.29, 0.717) is 31.6 Å². The quantitative estimate of drug-likeness (QED) is 0.313. The van der Waals surface area contributed by atoms with Crippen molar-refractivity contribution in [3.63, 3.8) is 0 Å². The number of carbonyl (C=O) groups is 3. The summed E-state index contributed by atoms with van der Waals surface area (Å²) in [4.78, 5) is 42.7. The molecule has 3 aromatic carbocycles. The van der Waals surface area contributed by atoms with Crippen LogP contribution < -0.4 is 10.2 Å². The Kier molecular flexibility index (Phi) is 8.41. The minimum atomic E-state index is -0.593. The Labute approximate surface area is 220 Å². The lowest BCUT2D eigenvalue weighted by atomic mass is 10.1. The predicted molar refractivity (Wildman–Crippen MR) is 147 cm³/mol. The van der Waals surface area contributed by atoms with E-state index in [1.165, 1.54) is 0 Å². The lowest BCUT2D eigenvalue weighted by Crippen LogP contribution is -2.47. The van der Waals surface area contributed by atoms with Gasteiger partial charge in [0.2, 0.25) is 11.8 Å². The predicted octanol–water partition coefficient (Wildman–Crippen LogP) is 5.68. The third-order valence-corrected chi connectivity index (χ3v) is 7.21. The van der Waals surface area contributed by atoms with E-state index >= 15 is 0 Å². The molecular weight excluding hydrogens is 518 g/mol. The van der Waals surface area contributed by atoms with Crippen LogP contribution in [0, 0.1) is 0 Å². The summed E-state index contributed by atoms with van der Waals surface area (Å²) in [5.74, 6) is -0.270. The van der Waals surface area contributed by atoms with E-state index in [2.05, 4.69) is 28.2 Å². The molecule has 1 aliphatic rings. The number of anilines is 1.